The fourth-order valence-electron chi connectivity index (χ4n) is 2.86. The minimum absolute atomic E-state index is 0.0130. The molecule has 1 aliphatic carbocycles. The minimum atomic E-state index is -3.63. The Morgan fingerprint density at radius 3 is 2.42 bits per heavy atom. The minimum Gasteiger partial charge on any atom is -0.380 e. The molecular formula is C12H21N3O3S. The van der Waals surface area contributed by atoms with Gasteiger partial charge in [-0.05, 0) is 25.2 Å². The Morgan fingerprint density at radius 2 is 2.05 bits per heavy atom. The summed E-state index contributed by atoms with van der Waals surface area (Å²) in [5.74, 6) is 0.184. The van der Waals surface area contributed by atoms with Gasteiger partial charge in [-0.2, -0.15) is 4.31 Å². The first-order valence-corrected chi connectivity index (χ1v) is 7.86. The molecule has 7 heteroatoms. The zero-order valence-electron chi connectivity index (χ0n) is 11.8. The highest BCUT2D eigenvalue weighted by atomic mass is 32.2. The fourth-order valence-corrected chi connectivity index (χ4v) is 4.67. The smallest absolute Gasteiger partial charge is 0.250 e. The molecule has 0 spiro atoms. The maximum Gasteiger partial charge on any atom is 0.250 e. The Morgan fingerprint density at radius 1 is 1.47 bits per heavy atom. The summed E-state index contributed by atoms with van der Waals surface area (Å²) in [7, 11) is -3.63. The van der Waals surface area contributed by atoms with Crippen molar-refractivity contribution < 1.29 is 12.9 Å². The Bertz CT molecular complexity index is 550. The Kier molecular flexibility index (Phi) is 3.38. The van der Waals surface area contributed by atoms with E-state index in [1.807, 2.05) is 6.92 Å². The van der Waals surface area contributed by atoms with Gasteiger partial charge in [-0.3, -0.25) is 0 Å². The summed E-state index contributed by atoms with van der Waals surface area (Å²) < 4.78 is 31.7. The molecule has 0 unspecified atom stereocenters. The third-order valence-electron chi connectivity index (χ3n) is 3.70. The average molecular weight is 287 g/mol. The van der Waals surface area contributed by atoms with Crippen LogP contribution in [0, 0.1) is 12.3 Å². The molecule has 1 aliphatic rings. The lowest BCUT2D eigenvalue weighted by molar-refractivity contribution is 0.0764. The van der Waals surface area contributed by atoms with Crippen molar-refractivity contribution in [3.8, 4) is 0 Å². The summed E-state index contributed by atoms with van der Waals surface area (Å²) in [6.07, 6.45) is 1.73. The van der Waals surface area contributed by atoms with Crippen molar-refractivity contribution in [2.24, 2.45) is 5.41 Å². The van der Waals surface area contributed by atoms with Gasteiger partial charge in [0.25, 0.3) is 10.0 Å². The first-order valence-electron chi connectivity index (χ1n) is 6.42. The van der Waals surface area contributed by atoms with Crippen molar-refractivity contribution in [1.82, 2.24) is 9.46 Å². The molecule has 0 aromatic carbocycles. The van der Waals surface area contributed by atoms with Crippen LogP contribution in [-0.4, -0.2) is 30.5 Å². The third-order valence-corrected chi connectivity index (χ3v) is 5.88. The molecule has 2 rings (SSSR count). The van der Waals surface area contributed by atoms with Crippen molar-refractivity contribution >= 4 is 15.8 Å². The van der Waals surface area contributed by atoms with Gasteiger partial charge in [-0.1, -0.05) is 25.9 Å². The van der Waals surface area contributed by atoms with Crippen LogP contribution in [0.25, 0.3) is 0 Å². The molecule has 6 nitrogen and oxygen atoms in total. The molecule has 1 heterocycles. The van der Waals surface area contributed by atoms with E-state index < -0.39 is 10.0 Å². The number of nitrogens with zero attached hydrogens (tertiary/aromatic N) is 2. The highest BCUT2D eigenvalue weighted by Crippen LogP contribution is 2.44. The number of hydrogen-bond acceptors (Lipinski definition) is 5. The molecule has 108 valence electrons. The quantitative estimate of drug-likeness (QED) is 0.911. The number of aromatic nitrogens is 1. The van der Waals surface area contributed by atoms with Crippen LogP contribution >= 0.6 is 0 Å². The van der Waals surface area contributed by atoms with E-state index in [0.29, 0.717) is 6.54 Å². The molecule has 0 saturated heterocycles. The third kappa shape index (κ3) is 2.36. The SMILES string of the molecule is CCN(C1CC(C)(C)C1)S(=O)(=O)c1c(N)noc1C. The van der Waals surface area contributed by atoms with Gasteiger partial charge < -0.3 is 10.3 Å². The largest absolute Gasteiger partial charge is 0.380 e. The first kappa shape index (κ1) is 14.3. The van der Waals surface area contributed by atoms with Crippen molar-refractivity contribution in [2.75, 3.05) is 12.3 Å². The molecule has 1 aromatic heterocycles. The van der Waals surface area contributed by atoms with Crippen molar-refractivity contribution in [1.29, 1.82) is 0 Å². The van der Waals surface area contributed by atoms with E-state index in [4.69, 9.17) is 10.3 Å². The van der Waals surface area contributed by atoms with E-state index in [0.717, 1.165) is 12.8 Å². The number of nitrogens with two attached hydrogens (primary N) is 1. The van der Waals surface area contributed by atoms with E-state index in [9.17, 15) is 8.42 Å². The van der Waals surface area contributed by atoms with Crippen LogP contribution in [0.15, 0.2) is 9.42 Å². The standard InChI is InChI=1S/C12H21N3O3S/c1-5-15(9-6-12(3,4)7-9)19(16,17)10-8(2)18-14-11(10)13/h9H,5-7H2,1-4H3,(H2,13,14). The molecule has 1 saturated carbocycles. The van der Waals surface area contributed by atoms with Crippen LogP contribution in [0.3, 0.4) is 0 Å². The summed E-state index contributed by atoms with van der Waals surface area (Å²) in [6, 6.07) is 0.0405. The summed E-state index contributed by atoms with van der Waals surface area (Å²) in [5, 5.41) is 3.53. The Balaban J connectivity index is 2.33. The lowest BCUT2D eigenvalue weighted by Crippen LogP contribution is -2.50. The van der Waals surface area contributed by atoms with Crippen LogP contribution in [0.2, 0.25) is 0 Å². The summed E-state index contributed by atoms with van der Waals surface area (Å²) in [4.78, 5) is 0.0130. The molecular weight excluding hydrogens is 266 g/mol. The van der Waals surface area contributed by atoms with Crippen LogP contribution in [-0.2, 0) is 10.0 Å². The zero-order valence-corrected chi connectivity index (χ0v) is 12.6. The number of anilines is 1. The molecule has 19 heavy (non-hydrogen) atoms. The lowest BCUT2D eigenvalue weighted by Gasteiger charge is -2.47. The maximum atomic E-state index is 12.7. The van der Waals surface area contributed by atoms with E-state index in [1.165, 1.54) is 4.31 Å². The fraction of sp³-hybridized carbons (Fsp3) is 0.750. The zero-order chi connectivity index (χ0) is 14.4. The summed E-state index contributed by atoms with van der Waals surface area (Å²) in [6.45, 7) is 8.11. The normalized spacial score (nSPS) is 19.6. The van der Waals surface area contributed by atoms with E-state index in [2.05, 4.69) is 19.0 Å². The van der Waals surface area contributed by atoms with Gasteiger partial charge in [0.05, 0.1) is 0 Å². The van der Waals surface area contributed by atoms with Gasteiger partial charge in [0, 0.05) is 12.6 Å². The first-order chi connectivity index (χ1) is 8.69. The topological polar surface area (TPSA) is 89.4 Å². The molecule has 1 fully saturated rings. The number of hydrogen-bond donors (Lipinski definition) is 1. The van der Waals surface area contributed by atoms with Gasteiger partial charge in [0.15, 0.2) is 16.5 Å². The van der Waals surface area contributed by atoms with Crippen molar-refractivity contribution in [3.63, 3.8) is 0 Å². The average Bonchev–Trinajstić information content (AvgIpc) is 2.56. The number of rotatable bonds is 4. The van der Waals surface area contributed by atoms with Crippen LogP contribution in [0.4, 0.5) is 5.82 Å². The Labute approximate surface area is 114 Å². The molecule has 0 atom stereocenters. The predicted molar refractivity (Wildman–Crippen MR) is 72.0 cm³/mol. The summed E-state index contributed by atoms with van der Waals surface area (Å²) in [5.41, 5.74) is 5.83. The van der Waals surface area contributed by atoms with E-state index in [1.54, 1.807) is 6.92 Å². The van der Waals surface area contributed by atoms with E-state index in [-0.39, 0.29) is 27.9 Å². The predicted octanol–water partition coefficient (Wildman–Crippen LogP) is 1.76. The van der Waals surface area contributed by atoms with Crippen molar-refractivity contribution in [3.05, 3.63) is 5.76 Å². The number of sulfonamides is 1. The van der Waals surface area contributed by atoms with Crippen LogP contribution in [0.1, 0.15) is 39.4 Å². The van der Waals surface area contributed by atoms with Gasteiger partial charge in [0.1, 0.15) is 0 Å². The second-order valence-corrected chi connectivity index (χ2v) is 7.72. The molecule has 0 radical (unpaired) electrons. The van der Waals surface area contributed by atoms with Gasteiger partial charge in [-0.15, -0.1) is 0 Å². The number of aryl methyl sites for hydroxylation is 1. The molecule has 0 aliphatic heterocycles. The monoisotopic (exact) mass is 287 g/mol. The summed E-state index contributed by atoms with van der Waals surface area (Å²) >= 11 is 0. The highest BCUT2D eigenvalue weighted by molar-refractivity contribution is 7.89. The lowest BCUT2D eigenvalue weighted by atomic mass is 9.68. The van der Waals surface area contributed by atoms with Crippen LogP contribution in [0.5, 0.6) is 0 Å². The highest BCUT2D eigenvalue weighted by Gasteiger charge is 2.44. The maximum absolute atomic E-state index is 12.7. The molecule has 0 amide bonds. The van der Waals surface area contributed by atoms with Gasteiger partial charge >= 0.3 is 0 Å². The van der Waals surface area contributed by atoms with Gasteiger partial charge in [-0.25, -0.2) is 8.42 Å². The number of nitrogen functional groups attached to an aromatic ring is 1. The Hall–Kier alpha value is -1.08. The van der Waals surface area contributed by atoms with Gasteiger partial charge in [0.2, 0.25) is 0 Å². The second-order valence-electron chi connectivity index (χ2n) is 5.89. The van der Waals surface area contributed by atoms with E-state index >= 15 is 0 Å². The van der Waals surface area contributed by atoms with Crippen molar-refractivity contribution in [2.45, 2.75) is 51.5 Å². The molecule has 1 aromatic rings. The second kappa shape index (κ2) is 4.49. The van der Waals surface area contributed by atoms with Crippen LogP contribution < -0.4 is 5.73 Å². The molecule has 0 bridgehead atoms. The molecule has 2 N–H and O–H groups in total.